The predicted molar refractivity (Wildman–Crippen MR) is 192 cm³/mol. The minimum atomic E-state index is -1.32. The molecule has 0 aliphatic carbocycles. The summed E-state index contributed by atoms with van der Waals surface area (Å²) in [7, 11) is 1.63. The number of aromatic nitrogens is 3. The van der Waals surface area contributed by atoms with Gasteiger partial charge in [-0.25, -0.2) is 9.97 Å². The van der Waals surface area contributed by atoms with Crippen molar-refractivity contribution in [2.24, 2.45) is 13.0 Å². The van der Waals surface area contributed by atoms with E-state index in [1.165, 1.54) is 17.7 Å². The highest BCUT2D eigenvalue weighted by molar-refractivity contribution is 6.32. The molecule has 15 heteroatoms. The number of hydrogen-bond donors (Lipinski definition) is 3. The van der Waals surface area contributed by atoms with Crippen LogP contribution in [0.1, 0.15) is 59.1 Å². The van der Waals surface area contributed by atoms with E-state index in [2.05, 4.69) is 37.3 Å². The summed E-state index contributed by atoms with van der Waals surface area (Å²) >= 11 is 6.44. The van der Waals surface area contributed by atoms with E-state index in [0.29, 0.717) is 59.6 Å². The number of carbonyl (C=O) groups is 4. The van der Waals surface area contributed by atoms with Crippen molar-refractivity contribution in [3.05, 3.63) is 81.0 Å². The van der Waals surface area contributed by atoms with E-state index in [1.807, 2.05) is 12.1 Å². The van der Waals surface area contributed by atoms with Gasteiger partial charge in [0.15, 0.2) is 17.4 Å². The fourth-order valence-electron chi connectivity index (χ4n) is 6.79. The molecule has 5 heterocycles. The molecule has 2 aromatic heterocycles. The number of imide groups is 1. The summed E-state index contributed by atoms with van der Waals surface area (Å²) in [5.74, 6) is 5.61. The Balaban J connectivity index is 1.03. The van der Waals surface area contributed by atoms with Crippen LogP contribution in [0.3, 0.4) is 0 Å². The van der Waals surface area contributed by atoms with Gasteiger partial charge in [0.25, 0.3) is 17.4 Å². The number of ketones is 1. The highest BCUT2D eigenvalue weighted by Crippen LogP contribution is 2.36. The van der Waals surface area contributed by atoms with E-state index in [9.17, 15) is 29.1 Å². The second-order valence-electron chi connectivity index (χ2n) is 13.0. The number of nitrogens with one attached hydrogen (secondary N) is 2. The number of halogens is 1. The maximum atomic E-state index is 13.6. The van der Waals surface area contributed by atoms with E-state index in [1.54, 1.807) is 37.4 Å². The number of aryl methyl sites for hydroxylation is 1. The Morgan fingerprint density at radius 3 is 2.63 bits per heavy atom. The van der Waals surface area contributed by atoms with Crippen LogP contribution in [0.4, 0.5) is 17.2 Å². The molecule has 3 N–H and O–H groups in total. The number of carbonyl (C=O) groups excluding carboxylic acids is 4. The van der Waals surface area contributed by atoms with E-state index < -0.39 is 24.1 Å². The van der Waals surface area contributed by atoms with Crippen LogP contribution in [0.2, 0.25) is 5.02 Å². The Labute approximate surface area is 302 Å². The number of aliphatic hydroxyl groups is 1. The minimum absolute atomic E-state index is 0.0325. The zero-order valence-corrected chi connectivity index (χ0v) is 29.1. The highest BCUT2D eigenvalue weighted by Gasteiger charge is 2.46. The van der Waals surface area contributed by atoms with Crippen molar-refractivity contribution in [2.45, 2.75) is 44.9 Å². The Kier molecular flexibility index (Phi) is 9.39. The third-order valence-electron chi connectivity index (χ3n) is 9.45. The molecule has 2 aromatic carbocycles. The Hall–Kier alpha value is -5.78. The second-order valence-corrected chi connectivity index (χ2v) is 13.4. The van der Waals surface area contributed by atoms with Gasteiger partial charge in [-0.2, -0.15) is 0 Å². The van der Waals surface area contributed by atoms with Crippen LogP contribution in [-0.2, 0) is 16.6 Å². The topological polar surface area (TPSA) is 176 Å². The molecule has 0 radical (unpaired) electrons. The molecule has 2 fully saturated rings. The summed E-state index contributed by atoms with van der Waals surface area (Å²) in [6, 6.07) is 11.3. The number of aliphatic hydroxyl groups excluding tert-OH is 1. The maximum absolute atomic E-state index is 13.6. The molecular weight excluding hydrogens is 690 g/mol. The summed E-state index contributed by atoms with van der Waals surface area (Å²) < 4.78 is 6.89. The number of hydrogen-bond acceptors (Lipinski definition) is 11. The van der Waals surface area contributed by atoms with E-state index in [4.69, 9.17) is 16.3 Å². The number of rotatable bonds is 7. The number of piperidine rings is 2. The van der Waals surface area contributed by atoms with Crippen molar-refractivity contribution in [2.75, 3.05) is 29.9 Å². The lowest BCUT2D eigenvalue weighted by Gasteiger charge is -2.34. The molecule has 2 saturated heterocycles. The first kappa shape index (κ1) is 34.7. The predicted octanol–water partition coefficient (Wildman–Crippen LogP) is 3.15. The maximum Gasteiger partial charge on any atom is 0.293 e. The lowest BCUT2D eigenvalue weighted by atomic mass is 9.96. The van der Waals surface area contributed by atoms with Crippen LogP contribution < -0.4 is 25.8 Å². The molecule has 7 rings (SSSR count). The van der Waals surface area contributed by atoms with Gasteiger partial charge in [0.2, 0.25) is 11.7 Å². The first-order valence-electron chi connectivity index (χ1n) is 16.8. The van der Waals surface area contributed by atoms with Crippen molar-refractivity contribution in [3.63, 3.8) is 0 Å². The third-order valence-corrected chi connectivity index (χ3v) is 9.73. The lowest BCUT2D eigenvalue weighted by molar-refractivity contribution is -0.129. The fourth-order valence-corrected chi connectivity index (χ4v) is 6.93. The molecule has 3 aliphatic heterocycles. The molecule has 0 bridgehead atoms. The van der Waals surface area contributed by atoms with E-state index >= 15 is 0 Å². The van der Waals surface area contributed by atoms with Gasteiger partial charge in [-0.15, -0.1) is 0 Å². The fraction of sp³-hybridized carbons (Fsp3) is 0.324. The Morgan fingerprint density at radius 2 is 1.88 bits per heavy atom. The summed E-state index contributed by atoms with van der Waals surface area (Å²) in [5, 5.41) is 17.0. The number of fused-ring (bicyclic) bond motifs is 2. The van der Waals surface area contributed by atoms with Gasteiger partial charge in [-0.1, -0.05) is 23.6 Å². The number of amides is 3. The van der Waals surface area contributed by atoms with Crippen LogP contribution in [0.25, 0.3) is 10.9 Å². The molecule has 52 heavy (non-hydrogen) atoms. The minimum Gasteiger partial charge on any atom is -0.480 e. The van der Waals surface area contributed by atoms with Crippen molar-refractivity contribution >= 4 is 63.2 Å². The average Bonchev–Trinajstić information content (AvgIpc) is 3.38. The molecule has 4 aromatic rings. The largest absolute Gasteiger partial charge is 0.480 e. The molecule has 0 saturated carbocycles. The number of anilines is 3. The van der Waals surface area contributed by atoms with E-state index in [0.717, 1.165) is 4.90 Å². The van der Waals surface area contributed by atoms with Gasteiger partial charge in [0.05, 0.1) is 34.6 Å². The summed E-state index contributed by atoms with van der Waals surface area (Å²) in [5.41, 5.74) is 2.23. The normalized spacial score (nSPS) is 18.9. The standard InChI is InChI=1S/C37H34ClN7O7/c1-20(46)19-52-29-17-22-16-23(7-8-26(22)43(2)36(29)50)40-33-25(38)18-39-30(41-33)10-6-21-12-14-44(15-13-21)27-5-3-4-24-32(27)37(51)45(35(24)49)28-9-11-31(47)42-34(28)48/h3-5,7-8,16-18,21,28,34,48H,9,11-15,19H2,1-2H3,(H,42,47)(H,39,40,41). The number of Topliss-reactive ketones (excluding diaryl/α,β-unsaturated/α-hetero) is 1. The lowest BCUT2D eigenvalue weighted by Crippen LogP contribution is -2.57. The molecular formula is C37H34ClN7O7. The van der Waals surface area contributed by atoms with Crippen molar-refractivity contribution in [1.29, 1.82) is 0 Å². The number of benzene rings is 2. The third kappa shape index (κ3) is 6.68. The summed E-state index contributed by atoms with van der Waals surface area (Å²) in [6.45, 7) is 2.38. The molecule has 14 nitrogen and oxygen atoms in total. The average molecular weight is 724 g/mol. The Bertz CT molecular complexity index is 2270. The first-order valence-corrected chi connectivity index (χ1v) is 17.2. The monoisotopic (exact) mass is 723 g/mol. The molecule has 266 valence electrons. The zero-order valence-electron chi connectivity index (χ0n) is 28.3. The second kappa shape index (κ2) is 14.1. The van der Waals surface area contributed by atoms with Gasteiger partial charge in [0, 0.05) is 43.5 Å². The molecule has 2 unspecified atom stereocenters. The smallest absolute Gasteiger partial charge is 0.293 e. The number of ether oxygens (including phenoxy) is 1. The number of pyridine rings is 1. The van der Waals surface area contributed by atoms with Crippen LogP contribution in [0, 0.1) is 17.8 Å². The molecule has 0 spiro atoms. The van der Waals surface area contributed by atoms with Crippen LogP contribution in [0.15, 0.2) is 53.5 Å². The first-order chi connectivity index (χ1) is 25.0. The zero-order chi connectivity index (χ0) is 36.7. The van der Waals surface area contributed by atoms with Crippen molar-refractivity contribution in [3.8, 4) is 17.6 Å². The molecule has 3 aliphatic rings. The van der Waals surface area contributed by atoms with Crippen molar-refractivity contribution in [1.82, 2.24) is 24.8 Å². The highest BCUT2D eigenvalue weighted by atomic mass is 35.5. The SMILES string of the molecule is CC(=O)COc1cc2cc(Nc3nc(C#CC4CCN(c5cccc6c5C(=O)N(C5CCC(=O)NC5O)C6=O)CC4)ncc3Cl)ccc2n(C)c1=O. The molecule has 2 atom stereocenters. The quantitative estimate of drug-likeness (QED) is 0.189. The van der Waals surface area contributed by atoms with Gasteiger partial charge >= 0.3 is 0 Å². The van der Waals surface area contributed by atoms with Gasteiger partial charge in [-0.3, -0.25) is 28.9 Å². The Morgan fingerprint density at radius 1 is 1.10 bits per heavy atom. The van der Waals surface area contributed by atoms with Crippen LogP contribution >= 0.6 is 11.6 Å². The van der Waals surface area contributed by atoms with Gasteiger partial charge < -0.3 is 29.9 Å². The van der Waals surface area contributed by atoms with Crippen molar-refractivity contribution < 1.29 is 29.0 Å². The molecule has 3 amide bonds. The summed E-state index contributed by atoms with van der Waals surface area (Å²) in [4.78, 5) is 74.7. The summed E-state index contributed by atoms with van der Waals surface area (Å²) in [6.07, 6.45) is 1.87. The van der Waals surface area contributed by atoms with Gasteiger partial charge in [0.1, 0.15) is 17.9 Å². The van der Waals surface area contributed by atoms with Crippen LogP contribution in [-0.4, -0.2) is 80.0 Å². The van der Waals surface area contributed by atoms with Gasteiger partial charge in [-0.05, 0) is 68.5 Å². The van der Waals surface area contributed by atoms with Crippen LogP contribution in [0.5, 0.6) is 5.75 Å². The van der Waals surface area contributed by atoms with E-state index in [-0.39, 0.29) is 64.8 Å². The number of nitrogens with zero attached hydrogens (tertiary/aromatic N) is 5.